The third-order valence-electron chi connectivity index (χ3n) is 4.57. The molecule has 0 bridgehead atoms. The first-order valence-corrected chi connectivity index (χ1v) is 9.32. The molecular weight excluding hydrogens is 342 g/mol. The summed E-state index contributed by atoms with van der Waals surface area (Å²) in [5.74, 6) is 2.15. The summed E-state index contributed by atoms with van der Waals surface area (Å²) >= 11 is 0. The van der Waals surface area contributed by atoms with Gasteiger partial charge in [-0.3, -0.25) is 4.79 Å². The van der Waals surface area contributed by atoms with E-state index in [2.05, 4.69) is 12.2 Å². The smallest absolute Gasteiger partial charge is 0.251 e. The van der Waals surface area contributed by atoms with Gasteiger partial charge in [-0.2, -0.15) is 0 Å². The van der Waals surface area contributed by atoms with Crippen molar-refractivity contribution in [3.8, 4) is 17.2 Å². The van der Waals surface area contributed by atoms with Crippen LogP contribution in [0.25, 0.3) is 0 Å². The van der Waals surface area contributed by atoms with Crippen molar-refractivity contribution >= 4 is 5.91 Å². The van der Waals surface area contributed by atoms with Crippen LogP contribution in [0.5, 0.6) is 17.2 Å². The lowest BCUT2D eigenvalue weighted by Gasteiger charge is -2.38. The lowest BCUT2D eigenvalue weighted by molar-refractivity contribution is 0.0617. The molecule has 0 spiro atoms. The fourth-order valence-corrected chi connectivity index (χ4v) is 3.25. The van der Waals surface area contributed by atoms with Crippen LogP contribution < -0.4 is 19.5 Å². The van der Waals surface area contributed by atoms with Crippen LogP contribution in [-0.2, 0) is 0 Å². The largest absolute Gasteiger partial charge is 0.497 e. The first-order valence-electron chi connectivity index (χ1n) is 9.32. The minimum Gasteiger partial charge on any atom is -0.497 e. The maximum absolute atomic E-state index is 12.8. The summed E-state index contributed by atoms with van der Waals surface area (Å²) in [6, 6.07) is 12.8. The number of carbonyl (C=O) groups is 1. The molecule has 2 aromatic rings. The molecule has 0 saturated heterocycles. The van der Waals surface area contributed by atoms with E-state index in [0.29, 0.717) is 18.6 Å². The number of amides is 1. The van der Waals surface area contributed by atoms with Crippen LogP contribution >= 0.6 is 0 Å². The van der Waals surface area contributed by atoms with Gasteiger partial charge in [-0.25, -0.2) is 0 Å². The lowest BCUT2D eigenvalue weighted by Crippen LogP contribution is -2.41. The molecule has 0 aliphatic carbocycles. The van der Waals surface area contributed by atoms with Crippen LogP contribution in [0.4, 0.5) is 0 Å². The number of ether oxygens (including phenoxy) is 3. The van der Waals surface area contributed by atoms with Crippen molar-refractivity contribution in [2.24, 2.45) is 0 Å². The number of carbonyl (C=O) groups excluding carboxylic acids is 1. The Morgan fingerprint density at radius 1 is 1.19 bits per heavy atom. The average molecular weight is 369 g/mol. The van der Waals surface area contributed by atoms with E-state index in [4.69, 9.17) is 14.2 Å². The van der Waals surface area contributed by atoms with E-state index in [1.807, 2.05) is 44.2 Å². The molecule has 0 fully saturated rings. The minimum atomic E-state index is -0.380. The van der Waals surface area contributed by atoms with E-state index in [1.54, 1.807) is 19.2 Å². The monoisotopic (exact) mass is 369 g/mol. The van der Waals surface area contributed by atoms with Gasteiger partial charge in [-0.1, -0.05) is 6.92 Å². The average Bonchev–Trinajstić information content (AvgIpc) is 2.65. The highest BCUT2D eigenvalue weighted by Gasteiger charge is 2.35. The SMILES string of the molecule is CCCOc1ccc(C(=O)NC2CC(C)(C)Oc3cc(OC)ccc32)cc1. The zero-order valence-corrected chi connectivity index (χ0v) is 16.4. The molecular formula is C22H27NO4. The van der Waals surface area contributed by atoms with Crippen LogP contribution in [0, 0.1) is 0 Å². The summed E-state index contributed by atoms with van der Waals surface area (Å²) in [4.78, 5) is 12.8. The van der Waals surface area contributed by atoms with E-state index in [9.17, 15) is 4.79 Å². The quantitative estimate of drug-likeness (QED) is 0.814. The van der Waals surface area contributed by atoms with Crippen molar-refractivity contribution < 1.29 is 19.0 Å². The molecule has 0 radical (unpaired) electrons. The minimum absolute atomic E-state index is 0.110. The lowest BCUT2D eigenvalue weighted by atomic mass is 9.89. The second kappa shape index (κ2) is 7.91. The van der Waals surface area contributed by atoms with Crippen molar-refractivity contribution in [3.63, 3.8) is 0 Å². The molecule has 5 heteroatoms. The molecule has 1 aliphatic heterocycles. The molecule has 1 unspecified atom stereocenters. The number of nitrogens with one attached hydrogen (secondary N) is 1. The van der Waals surface area contributed by atoms with Crippen molar-refractivity contribution in [2.45, 2.75) is 45.3 Å². The van der Waals surface area contributed by atoms with Crippen LogP contribution in [-0.4, -0.2) is 25.2 Å². The first kappa shape index (κ1) is 19.1. The van der Waals surface area contributed by atoms with Gasteiger partial charge in [0, 0.05) is 23.6 Å². The Balaban J connectivity index is 1.77. The maximum atomic E-state index is 12.8. The fraction of sp³-hybridized carbons (Fsp3) is 0.409. The number of benzene rings is 2. The van der Waals surface area contributed by atoms with E-state index >= 15 is 0 Å². The summed E-state index contributed by atoms with van der Waals surface area (Å²) in [6.07, 6.45) is 1.64. The van der Waals surface area contributed by atoms with Crippen molar-refractivity contribution in [1.82, 2.24) is 5.32 Å². The fourth-order valence-electron chi connectivity index (χ4n) is 3.25. The number of fused-ring (bicyclic) bond motifs is 1. The Bertz CT molecular complexity index is 798. The zero-order valence-electron chi connectivity index (χ0n) is 16.4. The Kier molecular flexibility index (Phi) is 5.59. The maximum Gasteiger partial charge on any atom is 0.251 e. The standard InChI is InChI=1S/C22H27NO4/c1-5-12-26-16-8-6-15(7-9-16)21(24)23-19-14-22(2,3)27-20-13-17(25-4)10-11-18(19)20/h6-11,13,19H,5,12,14H2,1-4H3,(H,23,24). The first-order chi connectivity index (χ1) is 12.9. The highest BCUT2D eigenvalue weighted by molar-refractivity contribution is 5.94. The van der Waals surface area contributed by atoms with Crippen LogP contribution in [0.3, 0.4) is 0 Å². The van der Waals surface area contributed by atoms with Gasteiger partial charge in [-0.15, -0.1) is 0 Å². The van der Waals surface area contributed by atoms with E-state index in [1.165, 1.54) is 0 Å². The second-order valence-electron chi connectivity index (χ2n) is 7.37. The summed E-state index contributed by atoms with van der Waals surface area (Å²) in [5, 5.41) is 3.15. The number of hydrogen-bond donors (Lipinski definition) is 1. The van der Waals surface area contributed by atoms with E-state index in [0.717, 1.165) is 29.2 Å². The van der Waals surface area contributed by atoms with Crippen LogP contribution in [0.1, 0.15) is 55.6 Å². The summed E-state index contributed by atoms with van der Waals surface area (Å²) in [7, 11) is 1.63. The van der Waals surface area contributed by atoms with Gasteiger partial charge in [-0.05, 0) is 56.7 Å². The van der Waals surface area contributed by atoms with Crippen molar-refractivity contribution in [2.75, 3.05) is 13.7 Å². The summed E-state index contributed by atoms with van der Waals surface area (Å²) in [5.41, 5.74) is 1.19. The highest BCUT2D eigenvalue weighted by atomic mass is 16.5. The van der Waals surface area contributed by atoms with Gasteiger partial charge >= 0.3 is 0 Å². The molecule has 144 valence electrons. The van der Waals surface area contributed by atoms with Crippen LogP contribution in [0.2, 0.25) is 0 Å². The molecule has 1 aliphatic rings. The number of rotatable bonds is 6. The Morgan fingerprint density at radius 3 is 2.56 bits per heavy atom. The predicted octanol–water partition coefficient (Wildman–Crippen LogP) is 4.52. The van der Waals surface area contributed by atoms with Gasteiger partial charge < -0.3 is 19.5 Å². The molecule has 2 aromatic carbocycles. The normalized spacial score (nSPS) is 17.4. The predicted molar refractivity (Wildman–Crippen MR) is 105 cm³/mol. The molecule has 1 amide bonds. The molecule has 1 N–H and O–H groups in total. The number of hydrogen-bond acceptors (Lipinski definition) is 4. The third kappa shape index (κ3) is 4.54. The van der Waals surface area contributed by atoms with Gasteiger partial charge in [0.15, 0.2) is 0 Å². The van der Waals surface area contributed by atoms with Crippen LogP contribution in [0.15, 0.2) is 42.5 Å². The summed E-state index contributed by atoms with van der Waals surface area (Å²) in [6.45, 7) is 6.77. The van der Waals surface area contributed by atoms with Gasteiger partial charge in [0.2, 0.25) is 0 Å². The second-order valence-corrected chi connectivity index (χ2v) is 7.37. The molecule has 1 heterocycles. The van der Waals surface area contributed by atoms with Crippen molar-refractivity contribution in [3.05, 3.63) is 53.6 Å². The van der Waals surface area contributed by atoms with Crippen molar-refractivity contribution in [1.29, 1.82) is 0 Å². The Labute approximate surface area is 160 Å². The molecule has 1 atom stereocenters. The summed E-state index contributed by atoms with van der Waals surface area (Å²) < 4.78 is 17.0. The molecule has 5 nitrogen and oxygen atoms in total. The van der Waals surface area contributed by atoms with Gasteiger partial charge in [0.1, 0.15) is 22.8 Å². The molecule has 0 aromatic heterocycles. The van der Waals surface area contributed by atoms with E-state index in [-0.39, 0.29) is 17.6 Å². The van der Waals surface area contributed by atoms with Gasteiger partial charge in [0.25, 0.3) is 5.91 Å². The molecule has 3 rings (SSSR count). The van der Waals surface area contributed by atoms with Gasteiger partial charge in [0.05, 0.1) is 19.8 Å². The van der Waals surface area contributed by atoms with E-state index < -0.39 is 0 Å². The number of methoxy groups -OCH3 is 1. The Hall–Kier alpha value is -2.69. The third-order valence-corrected chi connectivity index (χ3v) is 4.57. The zero-order chi connectivity index (χ0) is 19.4. The topological polar surface area (TPSA) is 56.8 Å². The molecule has 0 saturated carbocycles. The Morgan fingerprint density at radius 2 is 1.89 bits per heavy atom. The molecule has 27 heavy (non-hydrogen) atoms. The highest BCUT2D eigenvalue weighted by Crippen LogP contribution is 2.41.